The molecule has 0 fully saturated rings. The molecule has 2 aliphatic heterocycles. The second kappa shape index (κ2) is 15.4. The summed E-state index contributed by atoms with van der Waals surface area (Å²) in [6.45, 7) is 24.2. The number of halogens is 2. The van der Waals surface area contributed by atoms with Gasteiger partial charge in [0.25, 0.3) is 0 Å². The monoisotopic (exact) mass is 573 g/mol. The van der Waals surface area contributed by atoms with Crippen molar-refractivity contribution in [2.45, 2.75) is 116 Å². The minimum Gasteiger partial charge on any atom is -1.00 e. The zero-order valence-electron chi connectivity index (χ0n) is 23.2. The van der Waals surface area contributed by atoms with E-state index in [0.29, 0.717) is 12.1 Å². The lowest BCUT2D eigenvalue weighted by molar-refractivity contribution is -0.00000942. The Morgan fingerprint density at radius 3 is 1.56 bits per heavy atom. The number of aliphatic imine (C=N–C) groups is 2. The summed E-state index contributed by atoms with van der Waals surface area (Å²) in [7, 11) is -3.21. The van der Waals surface area contributed by atoms with Gasteiger partial charge < -0.3 is 33.1 Å². The van der Waals surface area contributed by atoms with E-state index in [1.165, 1.54) is 0 Å². The molecule has 0 saturated heterocycles. The zero-order chi connectivity index (χ0) is 24.1. The molecule has 0 aromatic carbocycles. The molecule has 11 heteroatoms. The largest absolute Gasteiger partial charge is 1.00 e. The molecule has 204 valence electrons. The minimum atomic E-state index is -1.61. The van der Waals surface area contributed by atoms with Crippen LogP contribution < -0.4 is 24.3 Å². The van der Waals surface area contributed by atoms with Gasteiger partial charge in [-0.15, -0.1) is 12.4 Å². The molecule has 2 heterocycles. The number of rotatable bonds is 7. The molecule has 0 saturated carbocycles. The fraction of sp³-hybridized carbons (Fsp3) is 0.870. The number of hydrogen-bond acceptors (Lipinski definition) is 7. The Kier molecular flexibility index (Phi) is 17.5. The van der Waals surface area contributed by atoms with Crippen molar-refractivity contribution in [1.29, 1.82) is 0 Å². The molecular weight excluding hydrogens is 523 g/mol. The van der Waals surface area contributed by atoms with Crippen molar-refractivity contribution in [3.63, 3.8) is 0 Å². The van der Waals surface area contributed by atoms with Crippen molar-refractivity contribution >= 4 is 58.2 Å². The van der Waals surface area contributed by atoms with Crippen molar-refractivity contribution in [1.82, 2.24) is 6.15 Å². The number of amidine groups is 1. The maximum Gasteiger partial charge on any atom is 0.192 e. The topological polar surface area (TPSA) is 104 Å². The zero-order valence-corrected chi connectivity index (χ0v) is 27.6. The Balaban J connectivity index is -0.000000520. The van der Waals surface area contributed by atoms with E-state index in [1.807, 2.05) is 0 Å². The third-order valence-corrected chi connectivity index (χ3v) is 16.5. The molecule has 0 aliphatic carbocycles. The van der Waals surface area contributed by atoms with Crippen LogP contribution in [-0.2, 0) is 8.85 Å². The van der Waals surface area contributed by atoms with Crippen LogP contribution in [0.3, 0.4) is 0 Å². The van der Waals surface area contributed by atoms with Gasteiger partial charge in [-0.3, -0.25) is 9.98 Å². The maximum atomic E-state index is 6.15. The summed E-state index contributed by atoms with van der Waals surface area (Å²) in [5, 5.41) is 2.26. The van der Waals surface area contributed by atoms with Crippen LogP contribution in [0.15, 0.2) is 9.98 Å². The van der Waals surface area contributed by atoms with Crippen LogP contribution in [0.2, 0.25) is 36.3 Å². The molecule has 2 aliphatic rings. The summed E-state index contributed by atoms with van der Waals surface area (Å²) < 4.78 is 12.3. The van der Waals surface area contributed by atoms with Crippen LogP contribution in [-0.4, -0.2) is 58.8 Å². The third kappa shape index (κ3) is 12.4. The van der Waals surface area contributed by atoms with Crippen LogP contribution in [0.4, 0.5) is 0 Å². The van der Waals surface area contributed by atoms with Gasteiger partial charge in [-0.1, -0.05) is 53.8 Å². The molecule has 2 rings (SSSR count). The molecule has 5 N–H and O–H groups in total. The van der Waals surface area contributed by atoms with Gasteiger partial charge in [0.15, 0.2) is 16.6 Å². The minimum absolute atomic E-state index is 0. The molecular formula is C23H51Cl2N4O2SSi2-. The van der Waals surface area contributed by atoms with E-state index in [0.717, 1.165) is 50.4 Å². The lowest BCUT2D eigenvalue weighted by Gasteiger charge is -2.36. The van der Waals surface area contributed by atoms with E-state index >= 15 is 0 Å². The van der Waals surface area contributed by atoms with Gasteiger partial charge in [-0.05, 0) is 55.5 Å². The Bertz CT molecular complexity index is 679. The van der Waals surface area contributed by atoms with Gasteiger partial charge in [0.1, 0.15) is 0 Å². The van der Waals surface area contributed by atoms with E-state index in [-0.39, 0.29) is 41.0 Å². The molecule has 0 bridgehead atoms. The van der Waals surface area contributed by atoms with E-state index in [2.05, 4.69) is 77.7 Å². The number of thiocarbonyl (C=S) groups is 1. The molecule has 2 atom stereocenters. The fourth-order valence-electron chi connectivity index (χ4n) is 2.73. The Morgan fingerprint density at radius 2 is 1.26 bits per heavy atom. The summed E-state index contributed by atoms with van der Waals surface area (Å²) in [6.07, 6.45) is 4.11. The van der Waals surface area contributed by atoms with E-state index in [9.17, 15) is 0 Å². The third-order valence-electron chi connectivity index (χ3n) is 7.19. The van der Waals surface area contributed by atoms with Gasteiger partial charge in [-0.25, -0.2) is 0 Å². The van der Waals surface area contributed by atoms with Gasteiger partial charge in [-0.2, -0.15) is 0 Å². The molecule has 6 nitrogen and oxygen atoms in total. The summed E-state index contributed by atoms with van der Waals surface area (Å²) in [4.78, 5) is 8.91. The lowest BCUT2D eigenvalue weighted by atomic mass is 10.2. The van der Waals surface area contributed by atoms with Gasteiger partial charge in [0.05, 0.1) is 31.1 Å². The van der Waals surface area contributed by atoms with Crippen LogP contribution in [0.1, 0.15) is 67.2 Å². The fourth-order valence-corrected chi connectivity index (χ4v) is 4.99. The predicted molar refractivity (Wildman–Crippen MR) is 157 cm³/mol. The maximum absolute atomic E-state index is 6.15. The predicted octanol–water partition coefficient (Wildman–Crippen LogP) is 3.73. The Labute approximate surface area is 229 Å². The van der Waals surface area contributed by atoms with Gasteiger partial charge in [0, 0.05) is 17.5 Å². The first-order valence-corrected chi connectivity index (χ1v) is 17.9. The van der Waals surface area contributed by atoms with Crippen LogP contribution in [0, 0.1) is 0 Å². The van der Waals surface area contributed by atoms with E-state index in [4.69, 9.17) is 26.8 Å². The normalized spacial score (nSPS) is 20.5. The van der Waals surface area contributed by atoms with Crippen molar-refractivity contribution in [2.24, 2.45) is 15.7 Å². The SMILES string of the molecule is CC(C)(C)[Si](C)(C)OC[C@@H]1CCC(C=S)=N1.CC(C)(C)[Si](C)(C)OC[C@@H]1CCC(N)=N1.Cl.N.[Cl-]. The molecule has 0 amide bonds. The average molecular weight is 575 g/mol. The molecule has 0 aromatic rings. The summed E-state index contributed by atoms with van der Waals surface area (Å²) in [5.74, 6) is 0.791. The first-order chi connectivity index (χ1) is 14.0. The van der Waals surface area contributed by atoms with Crippen molar-refractivity contribution in [3.8, 4) is 0 Å². The highest BCUT2D eigenvalue weighted by Gasteiger charge is 2.38. The first-order valence-electron chi connectivity index (χ1n) is 11.6. The van der Waals surface area contributed by atoms with Crippen molar-refractivity contribution < 1.29 is 21.3 Å². The number of nitrogens with two attached hydrogens (primary N) is 1. The van der Waals surface area contributed by atoms with Gasteiger partial charge in [0.2, 0.25) is 0 Å². The second-order valence-electron chi connectivity index (χ2n) is 11.9. The average Bonchev–Trinajstić information content (AvgIpc) is 3.25. The molecule has 0 aromatic heterocycles. The van der Waals surface area contributed by atoms with Gasteiger partial charge >= 0.3 is 0 Å². The van der Waals surface area contributed by atoms with Crippen molar-refractivity contribution in [2.75, 3.05) is 13.2 Å². The molecule has 34 heavy (non-hydrogen) atoms. The second-order valence-corrected chi connectivity index (χ2v) is 21.7. The standard InChI is InChI=1S/C12H23NOSSi.C11H24N2OSi.2ClH.H3N/c1-12(2,3)16(4,5)14-8-10-6-7-11(9-15)13-10;1-11(2,3)15(4,5)14-8-9-6-7-10(12)13-9;;;/h9-10H,6-8H2,1-5H3;9H,6-8H2,1-5H3,(H2,12,13);2*1H;1H3/p-1/t10-;9-;;;/m00.../s1. The van der Waals surface area contributed by atoms with Crippen LogP contribution >= 0.6 is 24.6 Å². The smallest absolute Gasteiger partial charge is 0.192 e. The van der Waals surface area contributed by atoms with Crippen molar-refractivity contribution in [3.05, 3.63) is 0 Å². The highest BCUT2D eigenvalue weighted by molar-refractivity contribution is 7.80. The Morgan fingerprint density at radius 1 is 0.882 bits per heavy atom. The Hall–Kier alpha value is 0.124. The van der Waals surface area contributed by atoms with Crippen LogP contribution in [0.25, 0.3) is 0 Å². The highest BCUT2D eigenvalue weighted by atomic mass is 35.5. The van der Waals surface area contributed by atoms with E-state index in [1.54, 1.807) is 5.37 Å². The van der Waals surface area contributed by atoms with Crippen LogP contribution in [0.5, 0.6) is 0 Å². The number of hydrogen-bond donors (Lipinski definition) is 2. The lowest BCUT2D eigenvalue weighted by Crippen LogP contribution is -3.00. The summed E-state index contributed by atoms with van der Waals surface area (Å²) in [6, 6.07) is 0.641. The summed E-state index contributed by atoms with van der Waals surface area (Å²) >= 11 is 4.89. The van der Waals surface area contributed by atoms with E-state index < -0.39 is 16.6 Å². The molecule has 0 spiro atoms. The quantitative estimate of drug-likeness (QED) is 0.356. The highest BCUT2D eigenvalue weighted by Crippen LogP contribution is 2.37. The number of nitrogens with zero attached hydrogens (tertiary/aromatic N) is 2. The molecule has 0 radical (unpaired) electrons. The summed E-state index contributed by atoms with van der Waals surface area (Å²) in [5.41, 5.74) is 6.72. The molecule has 0 unspecified atom stereocenters. The first kappa shape index (κ1) is 38.7.